The third-order valence-corrected chi connectivity index (χ3v) is 3.63. The molecule has 86 valence electrons. The van der Waals surface area contributed by atoms with Gasteiger partial charge in [-0.1, -0.05) is 18.2 Å². The van der Waals surface area contributed by atoms with Crippen LogP contribution in [-0.2, 0) is 12.8 Å². The Kier molecular flexibility index (Phi) is 3.50. The number of aryl methyl sites for hydroxylation is 3. The summed E-state index contributed by atoms with van der Waals surface area (Å²) in [5.41, 5.74) is 1.46. The predicted octanol–water partition coefficient (Wildman–Crippen LogP) is 3.25. The van der Waals surface area contributed by atoms with E-state index in [-0.39, 0.29) is 5.82 Å². The zero-order chi connectivity index (χ0) is 12.3. The Balaban J connectivity index is 2.08. The van der Waals surface area contributed by atoms with Crippen LogP contribution in [0.5, 0.6) is 0 Å². The first-order valence-corrected chi connectivity index (χ1v) is 6.12. The Morgan fingerprint density at radius 1 is 1.35 bits per heavy atom. The topological polar surface area (TPSA) is 36.7 Å². The number of aromatic nitrogens is 1. The van der Waals surface area contributed by atoms with Gasteiger partial charge in [0.05, 0.1) is 10.7 Å². The Labute approximate surface area is 103 Å². The monoisotopic (exact) mass is 246 g/mol. The normalized spacial score (nSPS) is 10.2. The van der Waals surface area contributed by atoms with Gasteiger partial charge in [-0.15, -0.1) is 11.3 Å². The van der Waals surface area contributed by atoms with Crippen LogP contribution in [0.25, 0.3) is 0 Å². The molecular weight excluding hydrogens is 235 g/mol. The van der Waals surface area contributed by atoms with Gasteiger partial charge in [-0.2, -0.15) is 5.26 Å². The second-order valence-corrected chi connectivity index (χ2v) is 4.81. The fourth-order valence-corrected chi connectivity index (χ4v) is 2.47. The number of nitrogens with zero attached hydrogens (tertiary/aromatic N) is 2. The lowest BCUT2D eigenvalue weighted by atomic mass is 10.1. The number of halogens is 1. The highest BCUT2D eigenvalue weighted by Gasteiger charge is 2.08. The molecule has 1 aromatic carbocycles. The highest BCUT2D eigenvalue weighted by atomic mass is 32.1. The molecule has 0 aliphatic rings. The van der Waals surface area contributed by atoms with E-state index in [0.29, 0.717) is 23.3 Å². The first-order chi connectivity index (χ1) is 8.20. The first-order valence-electron chi connectivity index (χ1n) is 5.30. The molecule has 0 unspecified atom stereocenters. The Bertz CT molecular complexity index is 569. The lowest BCUT2D eigenvalue weighted by molar-refractivity contribution is 0.608. The molecule has 0 radical (unpaired) electrons. The maximum Gasteiger partial charge on any atom is 0.127 e. The van der Waals surface area contributed by atoms with E-state index in [4.69, 9.17) is 5.26 Å². The maximum absolute atomic E-state index is 13.4. The van der Waals surface area contributed by atoms with Crippen LogP contribution in [0.1, 0.15) is 21.1 Å². The molecule has 0 N–H and O–H groups in total. The van der Waals surface area contributed by atoms with Crippen molar-refractivity contribution in [2.45, 2.75) is 19.8 Å². The van der Waals surface area contributed by atoms with Gasteiger partial charge in [0.25, 0.3) is 0 Å². The van der Waals surface area contributed by atoms with E-state index in [1.807, 2.05) is 13.0 Å². The van der Waals surface area contributed by atoms with Gasteiger partial charge in [-0.25, -0.2) is 9.37 Å². The number of rotatable bonds is 3. The van der Waals surface area contributed by atoms with E-state index in [9.17, 15) is 4.39 Å². The van der Waals surface area contributed by atoms with Gasteiger partial charge < -0.3 is 0 Å². The van der Waals surface area contributed by atoms with Crippen molar-refractivity contribution < 1.29 is 4.39 Å². The van der Waals surface area contributed by atoms with Gasteiger partial charge in [0, 0.05) is 6.42 Å². The molecule has 0 aliphatic heterocycles. The molecule has 4 heteroatoms. The predicted molar refractivity (Wildman–Crippen MR) is 65.4 cm³/mol. The summed E-state index contributed by atoms with van der Waals surface area (Å²) >= 11 is 1.39. The number of thiazole rings is 1. The molecule has 0 spiro atoms. The highest BCUT2D eigenvalue weighted by molar-refractivity contribution is 7.12. The Hall–Kier alpha value is -1.73. The molecule has 2 nitrogen and oxygen atoms in total. The van der Waals surface area contributed by atoms with Crippen LogP contribution in [0.15, 0.2) is 24.3 Å². The molecule has 17 heavy (non-hydrogen) atoms. The molecule has 0 amide bonds. The zero-order valence-electron chi connectivity index (χ0n) is 9.40. The van der Waals surface area contributed by atoms with E-state index >= 15 is 0 Å². The molecule has 1 heterocycles. The van der Waals surface area contributed by atoms with Crippen LogP contribution < -0.4 is 0 Å². The molecule has 2 aromatic rings. The van der Waals surface area contributed by atoms with E-state index in [1.54, 1.807) is 12.1 Å². The summed E-state index contributed by atoms with van der Waals surface area (Å²) in [7, 11) is 0. The molecule has 0 bridgehead atoms. The van der Waals surface area contributed by atoms with Crippen molar-refractivity contribution >= 4 is 11.3 Å². The number of benzene rings is 1. The van der Waals surface area contributed by atoms with Gasteiger partial charge >= 0.3 is 0 Å². The average Bonchev–Trinajstić information content (AvgIpc) is 2.69. The van der Waals surface area contributed by atoms with E-state index < -0.39 is 0 Å². The van der Waals surface area contributed by atoms with Crippen LogP contribution in [0, 0.1) is 24.1 Å². The summed E-state index contributed by atoms with van der Waals surface area (Å²) in [4.78, 5) is 4.95. The second-order valence-electron chi connectivity index (χ2n) is 3.73. The van der Waals surface area contributed by atoms with Crippen molar-refractivity contribution in [3.05, 3.63) is 51.2 Å². The fraction of sp³-hybridized carbons (Fsp3) is 0.231. The van der Waals surface area contributed by atoms with Crippen molar-refractivity contribution in [2.75, 3.05) is 0 Å². The molecule has 0 saturated carbocycles. The van der Waals surface area contributed by atoms with Crippen LogP contribution in [0.4, 0.5) is 4.39 Å². The summed E-state index contributed by atoms with van der Waals surface area (Å²) in [5, 5.41) is 9.71. The van der Waals surface area contributed by atoms with Crippen molar-refractivity contribution in [1.82, 2.24) is 4.98 Å². The lowest BCUT2D eigenvalue weighted by Gasteiger charge is -2.00. The SMILES string of the molecule is Cc1nc(CCc2ccccc2F)sc1C#N. The average molecular weight is 246 g/mol. The number of nitriles is 1. The minimum atomic E-state index is -0.179. The highest BCUT2D eigenvalue weighted by Crippen LogP contribution is 2.19. The van der Waals surface area contributed by atoms with Crippen molar-refractivity contribution in [1.29, 1.82) is 5.26 Å². The van der Waals surface area contributed by atoms with Crippen molar-refractivity contribution in [3.63, 3.8) is 0 Å². The third-order valence-electron chi connectivity index (χ3n) is 2.51. The van der Waals surface area contributed by atoms with Crippen LogP contribution >= 0.6 is 11.3 Å². The minimum absolute atomic E-state index is 0.179. The van der Waals surface area contributed by atoms with Gasteiger partial charge in [0.15, 0.2) is 0 Å². The molecule has 0 atom stereocenters. The fourth-order valence-electron chi connectivity index (χ4n) is 1.61. The van der Waals surface area contributed by atoms with Crippen molar-refractivity contribution in [3.8, 4) is 6.07 Å². The summed E-state index contributed by atoms with van der Waals surface area (Å²) in [6, 6.07) is 8.85. The quantitative estimate of drug-likeness (QED) is 0.833. The van der Waals surface area contributed by atoms with E-state index in [0.717, 1.165) is 10.7 Å². The van der Waals surface area contributed by atoms with E-state index in [2.05, 4.69) is 11.1 Å². The zero-order valence-corrected chi connectivity index (χ0v) is 10.2. The lowest BCUT2D eigenvalue weighted by Crippen LogP contribution is -1.94. The smallest absolute Gasteiger partial charge is 0.127 e. The molecule has 1 aromatic heterocycles. The molecule has 2 rings (SSSR count). The number of hydrogen-bond donors (Lipinski definition) is 0. The standard InChI is InChI=1S/C13H11FN2S/c1-9-12(8-15)17-13(16-9)7-6-10-4-2-3-5-11(10)14/h2-5H,6-7H2,1H3. The largest absolute Gasteiger partial charge is 0.245 e. The summed E-state index contributed by atoms with van der Waals surface area (Å²) in [6.45, 7) is 1.82. The summed E-state index contributed by atoms with van der Waals surface area (Å²) in [5.74, 6) is -0.179. The van der Waals surface area contributed by atoms with Crippen LogP contribution in [0.3, 0.4) is 0 Å². The first kappa shape index (κ1) is 11.7. The Morgan fingerprint density at radius 3 is 2.76 bits per heavy atom. The molecular formula is C13H11FN2S. The van der Waals surface area contributed by atoms with Crippen molar-refractivity contribution in [2.24, 2.45) is 0 Å². The van der Waals surface area contributed by atoms with E-state index in [1.165, 1.54) is 17.4 Å². The van der Waals surface area contributed by atoms with Gasteiger partial charge in [-0.05, 0) is 25.0 Å². The van der Waals surface area contributed by atoms with Crippen LogP contribution in [0.2, 0.25) is 0 Å². The molecule has 0 aliphatic carbocycles. The summed E-state index contributed by atoms with van der Waals surface area (Å²) in [6.07, 6.45) is 1.29. The third kappa shape index (κ3) is 2.69. The summed E-state index contributed by atoms with van der Waals surface area (Å²) < 4.78 is 13.4. The van der Waals surface area contributed by atoms with Gasteiger partial charge in [-0.3, -0.25) is 0 Å². The van der Waals surface area contributed by atoms with Gasteiger partial charge in [0.1, 0.15) is 16.8 Å². The minimum Gasteiger partial charge on any atom is -0.245 e. The maximum atomic E-state index is 13.4. The molecule has 0 fully saturated rings. The van der Waals surface area contributed by atoms with Gasteiger partial charge in [0.2, 0.25) is 0 Å². The molecule has 0 saturated heterocycles. The number of hydrogen-bond acceptors (Lipinski definition) is 3. The Morgan fingerprint density at radius 2 is 2.12 bits per heavy atom. The second kappa shape index (κ2) is 5.07. The van der Waals surface area contributed by atoms with Crippen LogP contribution in [-0.4, -0.2) is 4.98 Å².